The van der Waals surface area contributed by atoms with E-state index in [0.717, 1.165) is 0 Å². The molecule has 0 aliphatic carbocycles. The van der Waals surface area contributed by atoms with E-state index < -0.39 is 0 Å². The molecule has 0 fully saturated rings. The van der Waals surface area contributed by atoms with Gasteiger partial charge in [0, 0.05) is 0 Å². The van der Waals surface area contributed by atoms with Crippen LogP contribution in [0.3, 0.4) is 0 Å². The molecule has 0 atom stereocenters. The van der Waals surface area contributed by atoms with E-state index in [2.05, 4.69) is 16.3 Å². The zero-order valence-electron chi connectivity index (χ0n) is 3.63. The molecule has 0 aliphatic heterocycles. The molecule has 0 unspecified atom stereocenters. The fourth-order valence-electron chi connectivity index (χ4n) is 0.273. The zero-order valence-corrected chi connectivity index (χ0v) is 3.63. The van der Waals surface area contributed by atoms with E-state index in [-0.39, 0.29) is 0 Å². The Bertz CT molecular complexity index is 137. The van der Waals surface area contributed by atoms with Gasteiger partial charge in [0.05, 0.1) is 18.1 Å². The molecule has 7 heavy (non-hydrogen) atoms. The van der Waals surface area contributed by atoms with E-state index in [1.165, 1.54) is 12.4 Å². The summed E-state index contributed by atoms with van der Waals surface area (Å²) in [5.41, 5.74) is 5.78. The molecule has 1 heterocycles. The Kier molecular flexibility index (Phi) is 0.898. The van der Waals surface area contributed by atoms with Crippen molar-refractivity contribution in [3.63, 3.8) is 0 Å². The van der Waals surface area contributed by atoms with Gasteiger partial charge in [0.25, 0.3) is 0 Å². The van der Waals surface area contributed by atoms with Crippen LogP contribution in [0, 0.1) is 6.33 Å². The summed E-state index contributed by atoms with van der Waals surface area (Å²) in [5.74, 6) is 0. The topological polar surface area (TPSA) is 51.8 Å². The molecular weight excluding hydrogens is 90.1 g/mol. The van der Waals surface area contributed by atoms with Crippen LogP contribution in [0.4, 0.5) is 5.69 Å². The molecule has 2 N–H and O–H groups in total. The van der Waals surface area contributed by atoms with Crippen molar-refractivity contribution in [1.29, 1.82) is 0 Å². The number of hydrogen-bond acceptors (Lipinski definition) is 3. The first-order valence-electron chi connectivity index (χ1n) is 1.83. The Morgan fingerprint density at radius 3 is 2.29 bits per heavy atom. The number of hydrogen-bond donors (Lipinski definition) is 1. The molecule has 1 aromatic heterocycles. The summed E-state index contributed by atoms with van der Waals surface area (Å²) in [6.07, 6.45) is 5.34. The smallest absolute Gasteiger partial charge is 0.197 e. The third-order valence-corrected chi connectivity index (χ3v) is 0.543. The summed E-state index contributed by atoms with van der Waals surface area (Å²) < 4.78 is 0. The minimum Gasteiger partial charge on any atom is -0.396 e. The number of nitrogens with zero attached hydrogens (tertiary/aromatic N) is 2. The van der Waals surface area contributed by atoms with Crippen molar-refractivity contribution in [2.24, 2.45) is 0 Å². The fraction of sp³-hybridized carbons (Fsp3) is 0. The van der Waals surface area contributed by atoms with Crippen molar-refractivity contribution in [2.75, 3.05) is 5.73 Å². The molecule has 0 amide bonds. The van der Waals surface area contributed by atoms with E-state index in [0.29, 0.717) is 5.69 Å². The molecule has 0 aromatic carbocycles. The van der Waals surface area contributed by atoms with Crippen LogP contribution in [0.15, 0.2) is 12.4 Å². The number of nitrogen functional groups attached to an aromatic ring is 1. The Hall–Kier alpha value is -1.12. The van der Waals surface area contributed by atoms with Crippen molar-refractivity contribution in [3.8, 4) is 0 Å². The molecule has 3 heteroatoms. The summed E-state index contributed by atoms with van der Waals surface area (Å²) in [5, 5.41) is 0. The molecular formula is C4H4N3. The predicted molar refractivity (Wildman–Crippen MR) is 25.3 cm³/mol. The number of rotatable bonds is 0. The fourth-order valence-corrected chi connectivity index (χ4v) is 0.273. The third kappa shape index (κ3) is 0.855. The first-order chi connectivity index (χ1) is 3.39. The van der Waals surface area contributed by atoms with Gasteiger partial charge in [-0.2, -0.15) is 0 Å². The molecule has 0 saturated heterocycles. The van der Waals surface area contributed by atoms with E-state index in [9.17, 15) is 0 Å². The molecule has 0 spiro atoms. The Balaban J connectivity index is 3.02. The quantitative estimate of drug-likeness (QED) is 0.486. The average Bonchev–Trinajstić information content (AvgIpc) is 1.69. The van der Waals surface area contributed by atoms with Crippen molar-refractivity contribution in [1.82, 2.24) is 9.97 Å². The first kappa shape index (κ1) is 4.05. The minimum absolute atomic E-state index is 0.568. The molecule has 1 rings (SSSR count). The highest BCUT2D eigenvalue weighted by atomic mass is 14.8. The van der Waals surface area contributed by atoms with Crippen molar-refractivity contribution in [3.05, 3.63) is 18.7 Å². The van der Waals surface area contributed by atoms with Gasteiger partial charge in [-0.3, -0.25) is 0 Å². The summed E-state index contributed by atoms with van der Waals surface area (Å²) in [6.45, 7) is 0. The van der Waals surface area contributed by atoms with Gasteiger partial charge in [-0.15, -0.1) is 0 Å². The van der Waals surface area contributed by atoms with Gasteiger partial charge in [0.15, 0.2) is 6.33 Å². The number of anilines is 1. The van der Waals surface area contributed by atoms with Crippen LogP contribution in [0.25, 0.3) is 0 Å². The van der Waals surface area contributed by atoms with Crippen LogP contribution >= 0.6 is 0 Å². The van der Waals surface area contributed by atoms with E-state index in [4.69, 9.17) is 5.73 Å². The maximum Gasteiger partial charge on any atom is 0.197 e. The third-order valence-electron chi connectivity index (χ3n) is 0.543. The van der Waals surface area contributed by atoms with Crippen LogP contribution in [0.2, 0.25) is 0 Å². The molecule has 0 aliphatic rings. The SMILES string of the molecule is Nc1cn[c]nc1. The molecule has 35 valence electrons. The van der Waals surface area contributed by atoms with Crippen LogP contribution in [-0.4, -0.2) is 9.97 Å². The lowest BCUT2D eigenvalue weighted by Gasteiger charge is -1.81. The second kappa shape index (κ2) is 1.55. The molecule has 1 aromatic rings. The van der Waals surface area contributed by atoms with E-state index in [1.807, 2.05) is 0 Å². The van der Waals surface area contributed by atoms with E-state index in [1.54, 1.807) is 0 Å². The summed E-state index contributed by atoms with van der Waals surface area (Å²) >= 11 is 0. The van der Waals surface area contributed by atoms with Gasteiger partial charge in [0.2, 0.25) is 0 Å². The Labute approximate surface area is 41.2 Å². The lowest BCUT2D eigenvalue weighted by Crippen LogP contribution is -1.85. The van der Waals surface area contributed by atoms with Gasteiger partial charge in [-0.1, -0.05) is 0 Å². The van der Waals surface area contributed by atoms with Crippen LogP contribution in [0.1, 0.15) is 0 Å². The zero-order chi connectivity index (χ0) is 5.11. The monoisotopic (exact) mass is 94.0 g/mol. The number of aromatic nitrogens is 2. The second-order valence-electron chi connectivity index (χ2n) is 1.12. The van der Waals surface area contributed by atoms with Crippen LogP contribution < -0.4 is 5.73 Å². The standard InChI is InChI=1S/C4H4N3/c5-4-1-6-3-7-2-4/h1-2H,5H2. The summed E-state index contributed by atoms with van der Waals surface area (Å²) in [4.78, 5) is 7.05. The van der Waals surface area contributed by atoms with Gasteiger partial charge < -0.3 is 5.73 Å². The Morgan fingerprint density at radius 2 is 2.00 bits per heavy atom. The van der Waals surface area contributed by atoms with Crippen molar-refractivity contribution >= 4 is 5.69 Å². The second-order valence-corrected chi connectivity index (χ2v) is 1.12. The van der Waals surface area contributed by atoms with Crippen LogP contribution in [-0.2, 0) is 0 Å². The lowest BCUT2D eigenvalue weighted by atomic mass is 10.6. The normalized spacial score (nSPS) is 8.57. The van der Waals surface area contributed by atoms with Gasteiger partial charge in [-0.05, 0) is 0 Å². The highest BCUT2D eigenvalue weighted by Crippen LogP contribution is 1.87. The van der Waals surface area contributed by atoms with Gasteiger partial charge in [-0.25, -0.2) is 9.97 Å². The highest BCUT2D eigenvalue weighted by molar-refractivity contribution is 5.28. The van der Waals surface area contributed by atoms with Gasteiger partial charge in [0.1, 0.15) is 0 Å². The molecule has 3 nitrogen and oxygen atoms in total. The maximum atomic E-state index is 5.21. The highest BCUT2D eigenvalue weighted by Gasteiger charge is 1.75. The Morgan fingerprint density at radius 1 is 1.43 bits per heavy atom. The molecule has 0 bridgehead atoms. The minimum atomic E-state index is 0.568. The first-order valence-corrected chi connectivity index (χ1v) is 1.83. The lowest BCUT2D eigenvalue weighted by molar-refractivity contribution is 1.15. The predicted octanol–water partition coefficient (Wildman–Crippen LogP) is -0.141. The molecule has 1 radical (unpaired) electrons. The average molecular weight is 94.1 g/mol. The van der Waals surface area contributed by atoms with Crippen molar-refractivity contribution in [2.45, 2.75) is 0 Å². The number of nitrogens with two attached hydrogens (primary N) is 1. The van der Waals surface area contributed by atoms with Gasteiger partial charge >= 0.3 is 0 Å². The summed E-state index contributed by atoms with van der Waals surface area (Å²) in [7, 11) is 0. The van der Waals surface area contributed by atoms with E-state index >= 15 is 0 Å². The maximum absolute atomic E-state index is 5.21. The molecule has 0 saturated carbocycles. The summed E-state index contributed by atoms with van der Waals surface area (Å²) in [6, 6.07) is 0. The van der Waals surface area contributed by atoms with Crippen molar-refractivity contribution < 1.29 is 0 Å². The largest absolute Gasteiger partial charge is 0.396 e. The van der Waals surface area contributed by atoms with Crippen LogP contribution in [0.5, 0.6) is 0 Å².